The van der Waals surface area contributed by atoms with E-state index < -0.39 is 5.97 Å². The molecule has 2 heterocycles. The van der Waals surface area contributed by atoms with E-state index in [2.05, 4.69) is 21.9 Å². The molecular formula is C18H22N2O4. The molecule has 24 heavy (non-hydrogen) atoms. The maximum absolute atomic E-state index is 11.7. The Labute approximate surface area is 141 Å². The number of esters is 1. The van der Waals surface area contributed by atoms with Gasteiger partial charge in [-0.25, -0.2) is 4.79 Å². The minimum atomic E-state index is -0.424. The summed E-state index contributed by atoms with van der Waals surface area (Å²) in [4.78, 5) is 16.3. The van der Waals surface area contributed by atoms with Crippen LogP contribution in [0.5, 0.6) is 5.75 Å². The molecule has 1 aromatic heterocycles. The molecule has 1 aromatic carbocycles. The zero-order valence-corrected chi connectivity index (χ0v) is 14.0. The summed E-state index contributed by atoms with van der Waals surface area (Å²) in [6, 6.07) is 9.97. The molecule has 0 atom stereocenters. The Balaban J connectivity index is 1.57. The van der Waals surface area contributed by atoms with Crippen molar-refractivity contribution in [3.05, 3.63) is 47.9 Å². The minimum Gasteiger partial charge on any atom is -0.497 e. The van der Waals surface area contributed by atoms with Crippen LogP contribution in [-0.2, 0) is 11.3 Å². The molecule has 6 heteroatoms. The maximum atomic E-state index is 11.7. The summed E-state index contributed by atoms with van der Waals surface area (Å²) in [7, 11) is 3.04. The second kappa shape index (κ2) is 7.40. The Morgan fingerprint density at radius 3 is 2.42 bits per heavy atom. The van der Waals surface area contributed by atoms with Gasteiger partial charge in [0.1, 0.15) is 5.75 Å². The number of methoxy groups -OCH3 is 2. The number of hydrogen-bond donors (Lipinski definition) is 0. The predicted octanol–water partition coefficient (Wildman–Crippen LogP) is 2.40. The third-order valence-electron chi connectivity index (χ3n) is 4.32. The van der Waals surface area contributed by atoms with Crippen molar-refractivity contribution in [1.29, 1.82) is 0 Å². The fraction of sp³-hybridized carbons (Fsp3) is 0.389. The van der Waals surface area contributed by atoms with Gasteiger partial charge in [0.15, 0.2) is 0 Å². The van der Waals surface area contributed by atoms with Crippen LogP contribution in [0, 0.1) is 0 Å². The SMILES string of the molecule is COC(=O)c1occc1CN1CCN(c2ccc(OC)cc2)CC1. The number of hydrogen-bond acceptors (Lipinski definition) is 6. The highest BCUT2D eigenvalue weighted by molar-refractivity contribution is 5.87. The largest absolute Gasteiger partial charge is 0.497 e. The zero-order valence-electron chi connectivity index (χ0n) is 14.0. The molecule has 0 amide bonds. The van der Waals surface area contributed by atoms with Crippen LogP contribution >= 0.6 is 0 Å². The number of carbonyl (C=O) groups excluding carboxylic acids is 1. The maximum Gasteiger partial charge on any atom is 0.374 e. The second-order valence-electron chi connectivity index (χ2n) is 5.73. The van der Waals surface area contributed by atoms with Crippen LogP contribution in [-0.4, -0.2) is 51.3 Å². The molecule has 0 aliphatic carbocycles. The van der Waals surface area contributed by atoms with Crippen molar-refractivity contribution in [2.75, 3.05) is 45.3 Å². The number of piperazine rings is 1. The average molecular weight is 330 g/mol. The predicted molar refractivity (Wildman–Crippen MR) is 90.5 cm³/mol. The fourth-order valence-electron chi connectivity index (χ4n) is 2.93. The lowest BCUT2D eigenvalue weighted by Gasteiger charge is -2.36. The minimum absolute atomic E-state index is 0.301. The van der Waals surface area contributed by atoms with Gasteiger partial charge in [0, 0.05) is 44.0 Å². The molecule has 0 saturated carbocycles. The van der Waals surface area contributed by atoms with Gasteiger partial charge in [-0.1, -0.05) is 0 Å². The van der Waals surface area contributed by atoms with E-state index in [0.29, 0.717) is 12.3 Å². The van der Waals surface area contributed by atoms with Crippen LogP contribution in [0.15, 0.2) is 41.0 Å². The van der Waals surface area contributed by atoms with Crippen molar-refractivity contribution in [2.24, 2.45) is 0 Å². The first-order chi connectivity index (χ1) is 11.7. The molecule has 128 valence electrons. The lowest BCUT2D eigenvalue weighted by molar-refractivity contribution is 0.0561. The molecular weight excluding hydrogens is 308 g/mol. The summed E-state index contributed by atoms with van der Waals surface area (Å²) < 4.78 is 15.2. The third-order valence-corrected chi connectivity index (χ3v) is 4.32. The Morgan fingerprint density at radius 2 is 1.79 bits per heavy atom. The smallest absolute Gasteiger partial charge is 0.374 e. The Bertz CT molecular complexity index is 673. The van der Waals surface area contributed by atoms with Crippen LogP contribution < -0.4 is 9.64 Å². The second-order valence-corrected chi connectivity index (χ2v) is 5.73. The van der Waals surface area contributed by atoms with E-state index in [4.69, 9.17) is 13.9 Å². The molecule has 0 bridgehead atoms. The van der Waals surface area contributed by atoms with Crippen molar-refractivity contribution in [3.63, 3.8) is 0 Å². The van der Waals surface area contributed by atoms with E-state index in [1.807, 2.05) is 18.2 Å². The Morgan fingerprint density at radius 1 is 1.08 bits per heavy atom. The van der Waals surface area contributed by atoms with Gasteiger partial charge >= 0.3 is 5.97 Å². The summed E-state index contributed by atoms with van der Waals surface area (Å²) in [6.07, 6.45) is 1.54. The van der Waals surface area contributed by atoms with Crippen LogP contribution in [0.25, 0.3) is 0 Å². The van der Waals surface area contributed by atoms with E-state index >= 15 is 0 Å². The number of anilines is 1. The number of furan rings is 1. The van der Waals surface area contributed by atoms with E-state index in [1.165, 1.54) is 19.1 Å². The molecule has 1 aliphatic heterocycles. The molecule has 6 nitrogen and oxygen atoms in total. The number of ether oxygens (including phenoxy) is 2. The molecule has 3 rings (SSSR count). The third kappa shape index (κ3) is 3.54. The molecule has 2 aromatic rings. The summed E-state index contributed by atoms with van der Waals surface area (Å²) in [5.41, 5.74) is 2.08. The molecule has 0 N–H and O–H groups in total. The van der Waals surface area contributed by atoms with Gasteiger partial charge in [0.2, 0.25) is 5.76 Å². The van der Waals surface area contributed by atoms with Crippen molar-refractivity contribution in [3.8, 4) is 5.75 Å². The highest BCUT2D eigenvalue weighted by Gasteiger charge is 2.21. The quantitative estimate of drug-likeness (QED) is 0.785. The topological polar surface area (TPSA) is 55.2 Å². The van der Waals surface area contributed by atoms with Crippen molar-refractivity contribution in [2.45, 2.75) is 6.54 Å². The van der Waals surface area contributed by atoms with Gasteiger partial charge in [-0.15, -0.1) is 0 Å². The molecule has 1 fully saturated rings. The first-order valence-electron chi connectivity index (χ1n) is 7.97. The van der Waals surface area contributed by atoms with Gasteiger partial charge in [0.25, 0.3) is 0 Å². The summed E-state index contributed by atoms with van der Waals surface area (Å²) in [6.45, 7) is 4.43. The Hall–Kier alpha value is -2.47. The highest BCUT2D eigenvalue weighted by atomic mass is 16.5. The first kappa shape index (κ1) is 16.4. The van der Waals surface area contributed by atoms with E-state index in [1.54, 1.807) is 7.11 Å². The first-order valence-corrected chi connectivity index (χ1v) is 7.97. The molecule has 1 saturated heterocycles. The summed E-state index contributed by atoms with van der Waals surface area (Å²) in [5, 5.41) is 0. The molecule has 0 radical (unpaired) electrons. The number of nitrogens with zero attached hydrogens (tertiary/aromatic N) is 2. The fourth-order valence-corrected chi connectivity index (χ4v) is 2.93. The zero-order chi connectivity index (χ0) is 16.9. The van der Waals surface area contributed by atoms with E-state index in [0.717, 1.165) is 37.5 Å². The monoisotopic (exact) mass is 330 g/mol. The van der Waals surface area contributed by atoms with Crippen LogP contribution in [0.2, 0.25) is 0 Å². The van der Waals surface area contributed by atoms with Gasteiger partial charge < -0.3 is 18.8 Å². The van der Waals surface area contributed by atoms with Gasteiger partial charge in [-0.2, -0.15) is 0 Å². The van der Waals surface area contributed by atoms with Gasteiger partial charge in [-0.05, 0) is 30.3 Å². The van der Waals surface area contributed by atoms with Crippen molar-refractivity contribution >= 4 is 11.7 Å². The lowest BCUT2D eigenvalue weighted by atomic mass is 10.2. The van der Waals surface area contributed by atoms with Crippen LogP contribution in [0.4, 0.5) is 5.69 Å². The standard InChI is InChI=1S/C18H22N2O4/c1-22-16-5-3-15(4-6-16)20-10-8-19(9-11-20)13-14-7-12-24-17(14)18(21)23-2/h3-7,12H,8-11,13H2,1-2H3. The Kier molecular flexibility index (Phi) is 5.05. The highest BCUT2D eigenvalue weighted by Crippen LogP contribution is 2.21. The van der Waals surface area contributed by atoms with E-state index in [-0.39, 0.29) is 0 Å². The normalized spacial score (nSPS) is 15.3. The molecule has 0 unspecified atom stereocenters. The van der Waals surface area contributed by atoms with Gasteiger partial charge in [0.05, 0.1) is 20.5 Å². The van der Waals surface area contributed by atoms with Crippen molar-refractivity contribution in [1.82, 2.24) is 4.90 Å². The average Bonchev–Trinajstić information content (AvgIpc) is 3.10. The van der Waals surface area contributed by atoms with Crippen LogP contribution in [0.3, 0.4) is 0 Å². The van der Waals surface area contributed by atoms with Crippen LogP contribution in [0.1, 0.15) is 16.1 Å². The lowest BCUT2D eigenvalue weighted by Crippen LogP contribution is -2.46. The van der Waals surface area contributed by atoms with Gasteiger partial charge in [-0.3, -0.25) is 4.90 Å². The van der Waals surface area contributed by atoms with E-state index in [9.17, 15) is 4.79 Å². The summed E-state index contributed by atoms with van der Waals surface area (Å²) in [5.74, 6) is 0.745. The summed E-state index contributed by atoms with van der Waals surface area (Å²) >= 11 is 0. The number of rotatable bonds is 5. The molecule has 1 aliphatic rings. The number of benzene rings is 1. The molecule has 0 spiro atoms. The number of carbonyl (C=O) groups is 1. The van der Waals surface area contributed by atoms with Crippen molar-refractivity contribution < 1.29 is 18.7 Å².